The van der Waals surface area contributed by atoms with Gasteiger partial charge in [0, 0.05) is 18.6 Å². The third-order valence-electron chi connectivity index (χ3n) is 4.56. The summed E-state index contributed by atoms with van der Waals surface area (Å²) in [7, 11) is 5.54. The van der Waals surface area contributed by atoms with E-state index in [1.54, 1.807) is 14.0 Å². The fourth-order valence-electron chi connectivity index (χ4n) is 3.01. The Morgan fingerprint density at radius 2 is 2.07 bits per heavy atom. The van der Waals surface area contributed by atoms with Gasteiger partial charge in [-0.1, -0.05) is 29.8 Å². The Kier molecular flexibility index (Phi) is 5.64. The lowest BCUT2D eigenvalue weighted by molar-refractivity contribution is 0.0945. The van der Waals surface area contributed by atoms with Gasteiger partial charge in [-0.3, -0.25) is 9.59 Å². The summed E-state index contributed by atoms with van der Waals surface area (Å²) in [6.07, 6.45) is 1.47. The molecule has 2 aromatic heterocycles. The van der Waals surface area contributed by atoms with E-state index < -0.39 is 0 Å². The molecule has 0 radical (unpaired) electrons. The molecule has 1 atom stereocenters. The second-order valence-electron chi connectivity index (χ2n) is 6.61. The molecule has 1 amide bonds. The number of benzene rings is 1. The summed E-state index contributed by atoms with van der Waals surface area (Å²) in [5.74, 6) is -0.212. The number of nitrogens with zero attached hydrogens (tertiary/aromatic N) is 3. The van der Waals surface area contributed by atoms with Gasteiger partial charge in [-0.05, 0) is 38.2 Å². The molecule has 3 aromatic rings. The lowest BCUT2D eigenvalue weighted by Gasteiger charge is -2.25. The predicted molar refractivity (Wildman–Crippen MR) is 110 cm³/mol. The fraction of sp³-hybridized carbons (Fsp3) is 0.316. The molecular weight excluding hydrogens is 384 g/mol. The molecule has 0 aliphatic heterocycles. The summed E-state index contributed by atoms with van der Waals surface area (Å²) in [6, 6.07) is 7.54. The summed E-state index contributed by atoms with van der Waals surface area (Å²) in [5, 5.41) is 4.14. The van der Waals surface area contributed by atoms with Crippen LogP contribution in [0.3, 0.4) is 0 Å². The highest BCUT2D eigenvalue weighted by Gasteiger charge is 2.22. The number of halogens is 1. The molecule has 142 valence electrons. The van der Waals surface area contributed by atoms with Crippen molar-refractivity contribution in [3.8, 4) is 0 Å². The predicted octanol–water partition coefficient (Wildman–Crippen LogP) is 2.99. The first-order valence-electron chi connectivity index (χ1n) is 8.45. The van der Waals surface area contributed by atoms with Crippen LogP contribution in [0.25, 0.3) is 10.2 Å². The zero-order chi connectivity index (χ0) is 19.7. The normalized spacial score (nSPS) is 12.5. The monoisotopic (exact) mass is 404 g/mol. The van der Waals surface area contributed by atoms with E-state index in [9.17, 15) is 9.59 Å². The second kappa shape index (κ2) is 7.80. The van der Waals surface area contributed by atoms with Gasteiger partial charge >= 0.3 is 0 Å². The smallest absolute Gasteiger partial charge is 0.262 e. The van der Waals surface area contributed by atoms with Crippen molar-refractivity contribution in [2.75, 3.05) is 20.6 Å². The van der Waals surface area contributed by atoms with E-state index in [0.717, 1.165) is 5.56 Å². The molecule has 0 fully saturated rings. The molecule has 8 heteroatoms. The molecule has 1 aromatic carbocycles. The van der Waals surface area contributed by atoms with Crippen LogP contribution in [0.4, 0.5) is 0 Å². The van der Waals surface area contributed by atoms with E-state index in [-0.39, 0.29) is 17.5 Å². The van der Waals surface area contributed by atoms with Crippen molar-refractivity contribution >= 4 is 39.1 Å². The Labute approximate surface area is 166 Å². The van der Waals surface area contributed by atoms with E-state index in [0.29, 0.717) is 32.2 Å². The number of carbonyl (C=O) groups is 1. The zero-order valence-corrected chi connectivity index (χ0v) is 17.2. The Hall–Kier alpha value is -2.22. The average Bonchev–Trinajstić information content (AvgIpc) is 2.97. The molecule has 3 rings (SSSR count). The van der Waals surface area contributed by atoms with Crippen LogP contribution in [0.15, 0.2) is 35.4 Å². The van der Waals surface area contributed by atoms with Crippen LogP contribution < -0.4 is 10.9 Å². The number of fused-ring (bicyclic) bond motifs is 1. The third kappa shape index (κ3) is 3.76. The number of amides is 1. The van der Waals surface area contributed by atoms with E-state index in [4.69, 9.17) is 11.6 Å². The van der Waals surface area contributed by atoms with E-state index in [2.05, 4.69) is 10.3 Å². The van der Waals surface area contributed by atoms with Crippen LogP contribution >= 0.6 is 22.9 Å². The number of hydrogen-bond donors (Lipinski definition) is 1. The molecule has 0 aliphatic rings. The Balaban J connectivity index is 1.86. The van der Waals surface area contributed by atoms with Gasteiger partial charge in [0.05, 0.1) is 22.6 Å². The second-order valence-corrected chi connectivity index (χ2v) is 8.01. The van der Waals surface area contributed by atoms with Gasteiger partial charge in [0.1, 0.15) is 4.83 Å². The standard InChI is InChI=1S/C19H21ClN4O2S/c1-11-15-18(22-10-24(4)19(15)26)27-16(11)17(25)21-9-14(23(2)3)12-7-5-6-8-13(12)20/h5-8,10,14H,9H2,1-4H3,(H,21,25). The van der Waals surface area contributed by atoms with Crippen LogP contribution in [0.1, 0.15) is 26.8 Å². The number of hydrogen-bond acceptors (Lipinski definition) is 5. The number of nitrogens with one attached hydrogen (secondary N) is 1. The molecule has 0 saturated carbocycles. The van der Waals surface area contributed by atoms with Crippen LogP contribution in [-0.4, -0.2) is 41.0 Å². The summed E-state index contributed by atoms with van der Waals surface area (Å²) in [5.41, 5.74) is 1.48. The van der Waals surface area contributed by atoms with Crippen LogP contribution in [0, 0.1) is 6.92 Å². The van der Waals surface area contributed by atoms with Gasteiger partial charge in [-0.2, -0.15) is 0 Å². The summed E-state index contributed by atoms with van der Waals surface area (Å²) in [4.78, 5) is 32.5. The topological polar surface area (TPSA) is 67.2 Å². The molecule has 0 spiro atoms. The van der Waals surface area contributed by atoms with Gasteiger partial charge in [0.25, 0.3) is 11.5 Å². The number of thiophene rings is 1. The third-order valence-corrected chi connectivity index (χ3v) is 6.10. The van der Waals surface area contributed by atoms with Crippen molar-refractivity contribution in [1.82, 2.24) is 19.8 Å². The van der Waals surface area contributed by atoms with Gasteiger partial charge < -0.3 is 14.8 Å². The molecule has 0 saturated heterocycles. The number of aromatic nitrogens is 2. The number of likely N-dealkylation sites (N-methyl/N-ethyl adjacent to an activating group) is 1. The van der Waals surface area contributed by atoms with E-state index in [1.165, 1.54) is 22.2 Å². The van der Waals surface area contributed by atoms with Gasteiger partial charge in [-0.25, -0.2) is 4.98 Å². The molecular formula is C19H21ClN4O2S. The highest BCUT2D eigenvalue weighted by atomic mass is 35.5. The van der Waals surface area contributed by atoms with E-state index in [1.807, 2.05) is 43.3 Å². The summed E-state index contributed by atoms with van der Waals surface area (Å²) < 4.78 is 1.42. The highest BCUT2D eigenvalue weighted by Crippen LogP contribution is 2.28. The Bertz CT molecular complexity index is 1060. The lowest BCUT2D eigenvalue weighted by Crippen LogP contribution is -2.34. The largest absolute Gasteiger partial charge is 0.349 e. The van der Waals surface area contributed by atoms with Crippen molar-refractivity contribution in [3.63, 3.8) is 0 Å². The van der Waals surface area contributed by atoms with Gasteiger partial charge in [0.2, 0.25) is 0 Å². The maximum absolute atomic E-state index is 12.8. The van der Waals surface area contributed by atoms with Crippen LogP contribution in [0.2, 0.25) is 5.02 Å². The first kappa shape index (κ1) is 19.5. The van der Waals surface area contributed by atoms with Crippen molar-refractivity contribution < 1.29 is 4.79 Å². The van der Waals surface area contributed by atoms with Crippen LogP contribution in [0.5, 0.6) is 0 Å². The molecule has 0 bridgehead atoms. The number of aryl methyl sites for hydroxylation is 2. The quantitative estimate of drug-likeness (QED) is 0.709. The van der Waals surface area contributed by atoms with Crippen molar-refractivity contribution in [2.45, 2.75) is 13.0 Å². The summed E-state index contributed by atoms with van der Waals surface area (Å²) in [6.45, 7) is 2.18. The minimum absolute atomic E-state index is 0.0664. The first-order valence-corrected chi connectivity index (χ1v) is 9.64. The first-order chi connectivity index (χ1) is 12.8. The number of carbonyl (C=O) groups excluding carboxylic acids is 1. The fourth-order valence-corrected chi connectivity index (χ4v) is 4.33. The van der Waals surface area contributed by atoms with Crippen molar-refractivity contribution in [3.05, 3.63) is 62.0 Å². The molecule has 1 unspecified atom stereocenters. The van der Waals surface area contributed by atoms with Crippen molar-refractivity contribution in [1.29, 1.82) is 0 Å². The van der Waals surface area contributed by atoms with Gasteiger partial charge in [0.15, 0.2) is 0 Å². The molecule has 2 heterocycles. The molecule has 6 nitrogen and oxygen atoms in total. The Morgan fingerprint density at radius 1 is 1.37 bits per heavy atom. The highest BCUT2D eigenvalue weighted by molar-refractivity contribution is 7.20. The maximum Gasteiger partial charge on any atom is 0.262 e. The minimum Gasteiger partial charge on any atom is -0.349 e. The van der Waals surface area contributed by atoms with Gasteiger partial charge in [-0.15, -0.1) is 11.3 Å². The average molecular weight is 405 g/mol. The Morgan fingerprint density at radius 3 is 2.74 bits per heavy atom. The minimum atomic E-state index is -0.212. The van der Waals surface area contributed by atoms with Crippen molar-refractivity contribution in [2.24, 2.45) is 7.05 Å². The number of rotatable bonds is 5. The molecule has 1 N–H and O–H groups in total. The molecule has 27 heavy (non-hydrogen) atoms. The molecule has 0 aliphatic carbocycles. The zero-order valence-electron chi connectivity index (χ0n) is 15.6. The van der Waals surface area contributed by atoms with Crippen LogP contribution in [-0.2, 0) is 7.05 Å². The SMILES string of the molecule is Cc1c(C(=O)NCC(c2ccccc2Cl)N(C)C)sc2ncn(C)c(=O)c12. The van der Waals surface area contributed by atoms with E-state index >= 15 is 0 Å². The maximum atomic E-state index is 12.8. The lowest BCUT2D eigenvalue weighted by atomic mass is 10.1. The summed E-state index contributed by atoms with van der Waals surface area (Å²) >= 11 is 7.56.